The second-order valence-corrected chi connectivity index (χ2v) is 9.26. The second-order valence-electron chi connectivity index (χ2n) is 9.26. The molecule has 180 valence electrons. The van der Waals surface area contributed by atoms with E-state index in [1.165, 1.54) is 0 Å². The standard InChI is InChI=1S/C26H30N8O/c1-15-8-9-19(25(35)29-16(2)17-6-4-3-5-7-17)14-34(15)23-13-21(30-26(28)31-23)18-10-11-20-22(12-18)32-33-24(20)27/h3-7,10-13,15-16,19H,8-9,14H2,1-2H3,(H,29,35)(H3,27,32,33)(H2,28,30,31)/t15-,16?,19+/m1/s1. The largest absolute Gasteiger partial charge is 0.382 e. The Labute approximate surface area is 203 Å². The number of fused-ring (bicyclic) bond motifs is 1. The number of piperidine rings is 1. The maximum absolute atomic E-state index is 13.1. The van der Waals surface area contributed by atoms with Gasteiger partial charge in [0.2, 0.25) is 11.9 Å². The number of anilines is 3. The number of nitrogens with zero attached hydrogens (tertiary/aromatic N) is 4. The Hall–Kier alpha value is -4.14. The van der Waals surface area contributed by atoms with E-state index in [0.29, 0.717) is 18.1 Å². The average molecular weight is 471 g/mol. The number of hydrogen-bond donors (Lipinski definition) is 4. The molecule has 1 aliphatic rings. The third-order valence-electron chi connectivity index (χ3n) is 6.82. The molecule has 1 saturated heterocycles. The summed E-state index contributed by atoms with van der Waals surface area (Å²) in [4.78, 5) is 24.3. The van der Waals surface area contributed by atoms with Crippen LogP contribution in [0.25, 0.3) is 22.2 Å². The van der Waals surface area contributed by atoms with Gasteiger partial charge in [0.1, 0.15) is 5.82 Å². The van der Waals surface area contributed by atoms with E-state index in [0.717, 1.165) is 40.7 Å². The van der Waals surface area contributed by atoms with Crippen LogP contribution in [0, 0.1) is 5.92 Å². The van der Waals surface area contributed by atoms with Crippen molar-refractivity contribution >= 4 is 34.4 Å². The Morgan fingerprint density at radius 3 is 2.71 bits per heavy atom. The minimum Gasteiger partial charge on any atom is -0.382 e. The van der Waals surface area contributed by atoms with Gasteiger partial charge in [-0.05, 0) is 44.4 Å². The van der Waals surface area contributed by atoms with Crippen LogP contribution in [0.3, 0.4) is 0 Å². The normalized spacial score (nSPS) is 19.0. The third-order valence-corrected chi connectivity index (χ3v) is 6.82. The Kier molecular flexibility index (Phi) is 5.98. The lowest BCUT2D eigenvalue weighted by molar-refractivity contribution is -0.126. The predicted molar refractivity (Wildman–Crippen MR) is 138 cm³/mol. The fraction of sp³-hybridized carbons (Fsp3) is 0.308. The summed E-state index contributed by atoms with van der Waals surface area (Å²) in [6.07, 6.45) is 1.72. The molecule has 0 radical (unpaired) electrons. The van der Waals surface area contributed by atoms with E-state index in [1.54, 1.807) is 0 Å². The van der Waals surface area contributed by atoms with Gasteiger partial charge in [-0.2, -0.15) is 10.1 Å². The summed E-state index contributed by atoms with van der Waals surface area (Å²) in [7, 11) is 0. The molecule has 35 heavy (non-hydrogen) atoms. The van der Waals surface area contributed by atoms with Gasteiger partial charge in [0.25, 0.3) is 0 Å². The van der Waals surface area contributed by atoms with E-state index < -0.39 is 0 Å². The summed E-state index contributed by atoms with van der Waals surface area (Å²) in [5.41, 5.74) is 15.5. The van der Waals surface area contributed by atoms with Crippen molar-refractivity contribution in [1.29, 1.82) is 0 Å². The molecule has 1 unspecified atom stereocenters. The van der Waals surface area contributed by atoms with Crippen molar-refractivity contribution in [3.63, 3.8) is 0 Å². The lowest BCUT2D eigenvalue weighted by Crippen LogP contribution is -2.47. The Morgan fingerprint density at radius 1 is 1.11 bits per heavy atom. The zero-order valence-corrected chi connectivity index (χ0v) is 19.9. The summed E-state index contributed by atoms with van der Waals surface area (Å²) >= 11 is 0. The van der Waals surface area contributed by atoms with Gasteiger partial charge in [0.15, 0.2) is 5.82 Å². The minimum atomic E-state index is -0.138. The number of rotatable bonds is 5. The zero-order valence-electron chi connectivity index (χ0n) is 19.9. The molecule has 4 aromatic rings. The number of hydrogen-bond acceptors (Lipinski definition) is 7. The number of nitrogens with two attached hydrogens (primary N) is 2. The van der Waals surface area contributed by atoms with Crippen molar-refractivity contribution in [2.24, 2.45) is 5.92 Å². The van der Waals surface area contributed by atoms with Crippen molar-refractivity contribution < 1.29 is 4.79 Å². The third kappa shape index (κ3) is 4.62. The Balaban J connectivity index is 1.37. The first-order chi connectivity index (χ1) is 16.9. The van der Waals surface area contributed by atoms with Crippen LogP contribution < -0.4 is 21.7 Å². The van der Waals surface area contributed by atoms with Crippen molar-refractivity contribution in [2.45, 2.75) is 38.8 Å². The molecule has 9 nitrogen and oxygen atoms in total. The van der Waals surface area contributed by atoms with Gasteiger partial charge in [-0.1, -0.05) is 36.4 Å². The number of nitrogen functional groups attached to an aromatic ring is 2. The van der Waals surface area contributed by atoms with Crippen LogP contribution in [0.15, 0.2) is 54.6 Å². The lowest BCUT2D eigenvalue weighted by atomic mass is 9.92. The number of aromatic amines is 1. The molecule has 9 heteroatoms. The maximum Gasteiger partial charge on any atom is 0.225 e. The number of carbonyl (C=O) groups is 1. The first-order valence-corrected chi connectivity index (χ1v) is 11.9. The number of nitrogens with one attached hydrogen (secondary N) is 2. The summed E-state index contributed by atoms with van der Waals surface area (Å²) in [6.45, 7) is 4.73. The van der Waals surface area contributed by atoms with Gasteiger partial charge in [-0.3, -0.25) is 9.89 Å². The van der Waals surface area contributed by atoms with E-state index in [2.05, 4.69) is 37.3 Å². The first kappa shape index (κ1) is 22.6. The smallest absolute Gasteiger partial charge is 0.225 e. The fourth-order valence-electron chi connectivity index (χ4n) is 4.74. The highest BCUT2D eigenvalue weighted by atomic mass is 16.2. The van der Waals surface area contributed by atoms with Crippen LogP contribution in [0.2, 0.25) is 0 Å². The predicted octanol–water partition coefficient (Wildman–Crippen LogP) is 3.67. The summed E-state index contributed by atoms with van der Waals surface area (Å²) < 4.78 is 0. The quantitative estimate of drug-likeness (QED) is 0.349. The first-order valence-electron chi connectivity index (χ1n) is 11.9. The van der Waals surface area contributed by atoms with Crippen LogP contribution in [-0.4, -0.2) is 38.7 Å². The van der Waals surface area contributed by atoms with Crippen LogP contribution in [0.5, 0.6) is 0 Å². The number of H-pyrrole nitrogens is 1. The summed E-state index contributed by atoms with van der Waals surface area (Å²) in [5, 5.41) is 11.0. The van der Waals surface area contributed by atoms with E-state index in [4.69, 9.17) is 11.5 Å². The van der Waals surface area contributed by atoms with Crippen LogP contribution >= 0.6 is 0 Å². The molecule has 5 rings (SSSR count). The SMILES string of the molecule is CC(NC(=O)[C@H]1CC[C@@H](C)N(c2cc(-c3ccc4c(N)n[nH]c4c3)nc(N)n2)C1)c1ccccc1. The van der Waals surface area contributed by atoms with E-state index in [-0.39, 0.29) is 29.9 Å². The highest BCUT2D eigenvalue weighted by Gasteiger charge is 2.31. The van der Waals surface area contributed by atoms with E-state index in [1.807, 2.05) is 61.5 Å². The van der Waals surface area contributed by atoms with Gasteiger partial charge in [0, 0.05) is 29.6 Å². The van der Waals surface area contributed by atoms with Crippen molar-refractivity contribution in [3.05, 3.63) is 60.2 Å². The van der Waals surface area contributed by atoms with Crippen molar-refractivity contribution in [1.82, 2.24) is 25.5 Å². The van der Waals surface area contributed by atoms with Crippen molar-refractivity contribution in [2.75, 3.05) is 22.9 Å². The summed E-state index contributed by atoms with van der Waals surface area (Å²) in [5.74, 6) is 1.29. The number of amides is 1. The number of carbonyl (C=O) groups excluding carboxylic acids is 1. The van der Waals surface area contributed by atoms with E-state index in [9.17, 15) is 4.79 Å². The molecule has 6 N–H and O–H groups in total. The highest BCUT2D eigenvalue weighted by molar-refractivity contribution is 5.91. The fourth-order valence-corrected chi connectivity index (χ4v) is 4.74. The Bertz CT molecular complexity index is 1350. The molecular weight excluding hydrogens is 440 g/mol. The van der Waals surface area contributed by atoms with E-state index >= 15 is 0 Å². The molecule has 0 bridgehead atoms. The molecule has 1 fully saturated rings. The maximum atomic E-state index is 13.1. The van der Waals surface area contributed by atoms with Crippen molar-refractivity contribution in [3.8, 4) is 11.3 Å². The van der Waals surface area contributed by atoms with Crippen LogP contribution in [-0.2, 0) is 4.79 Å². The highest BCUT2D eigenvalue weighted by Crippen LogP contribution is 2.31. The average Bonchev–Trinajstić information content (AvgIpc) is 3.24. The Morgan fingerprint density at radius 2 is 1.91 bits per heavy atom. The zero-order chi connectivity index (χ0) is 24.5. The van der Waals surface area contributed by atoms with Gasteiger partial charge in [-0.15, -0.1) is 0 Å². The molecule has 1 aliphatic heterocycles. The molecule has 3 heterocycles. The minimum absolute atomic E-state index is 0.0516. The van der Waals surface area contributed by atoms with Gasteiger partial charge < -0.3 is 21.7 Å². The second kappa shape index (κ2) is 9.25. The van der Waals surface area contributed by atoms with Gasteiger partial charge in [0.05, 0.1) is 23.2 Å². The monoisotopic (exact) mass is 470 g/mol. The van der Waals surface area contributed by atoms with Gasteiger partial charge >= 0.3 is 0 Å². The summed E-state index contributed by atoms with van der Waals surface area (Å²) in [6, 6.07) is 17.9. The molecule has 2 aromatic carbocycles. The number of benzene rings is 2. The lowest BCUT2D eigenvalue weighted by Gasteiger charge is -2.38. The molecule has 0 spiro atoms. The van der Waals surface area contributed by atoms with Gasteiger partial charge in [-0.25, -0.2) is 4.98 Å². The molecule has 0 saturated carbocycles. The molecule has 0 aliphatic carbocycles. The van der Waals surface area contributed by atoms with Crippen LogP contribution in [0.4, 0.5) is 17.6 Å². The molecule has 2 aromatic heterocycles. The van der Waals surface area contributed by atoms with Crippen LogP contribution in [0.1, 0.15) is 38.3 Å². The molecule has 1 amide bonds. The molecular formula is C26H30N8O. The topological polar surface area (TPSA) is 139 Å². The number of aromatic nitrogens is 4. The molecule has 3 atom stereocenters.